The normalized spacial score (nSPS) is 12.6. The minimum Gasteiger partial charge on any atom is -0.271 e. The monoisotopic (exact) mass is 311 g/mol. The van der Waals surface area contributed by atoms with E-state index < -0.39 is 0 Å². The molecule has 0 saturated heterocycles. The summed E-state index contributed by atoms with van der Waals surface area (Å²) in [4.78, 5) is 6.90. The standard InChI is InChI=1S/C12H14BrN3S/c1-8-2-5-12(17-8)11(16-14)6-10-4-3-9(13)7-15-10/h2-5,7,11,16H,6,14H2,1H3. The zero-order valence-corrected chi connectivity index (χ0v) is 11.9. The van der Waals surface area contributed by atoms with Crippen LogP contribution in [0.25, 0.3) is 0 Å². The van der Waals surface area contributed by atoms with Gasteiger partial charge in [0, 0.05) is 32.5 Å². The Balaban J connectivity index is 2.12. The Bertz CT molecular complexity index is 481. The maximum atomic E-state index is 5.61. The third-order valence-corrected chi connectivity index (χ3v) is 4.09. The molecule has 0 radical (unpaired) electrons. The molecule has 17 heavy (non-hydrogen) atoms. The van der Waals surface area contributed by atoms with Gasteiger partial charge in [0.25, 0.3) is 0 Å². The lowest BCUT2D eigenvalue weighted by atomic mass is 10.1. The van der Waals surface area contributed by atoms with Crippen LogP contribution in [-0.2, 0) is 6.42 Å². The maximum absolute atomic E-state index is 5.61. The number of hydrogen-bond donors (Lipinski definition) is 2. The molecule has 0 bridgehead atoms. The van der Waals surface area contributed by atoms with Crippen LogP contribution in [-0.4, -0.2) is 4.98 Å². The second kappa shape index (κ2) is 5.73. The first-order valence-corrected chi connectivity index (χ1v) is 6.93. The first-order chi connectivity index (χ1) is 8.19. The number of hydrogen-bond acceptors (Lipinski definition) is 4. The second-order valence-corrected chi connectivity index (χ2v) is 6.07. The summed E-state index contributed by atoms with van der Waals surface area (Å²) in [5, 5.41) is 0. The Morgan fingerprint density at radius 2 is 2.24 bits per heavy atom. The quantitative estimate of drug-likeness (QED) is 0.674. The fourth-order valence-corrected chi connectivity index (χ4v) is 2.79. The maximum Gasteiger partial charge on any atom is 0.0608 e. The molecule has 0 aliphatic rings. The van der Waals surface area contributed by atoms with E-state index in [0.29, 0.717) is 0 Å². The number of aromatic nitrogens is 1. The Morgan fingerprint density at radius 3 is 2.76 bits per heavy atom. The molecule has 2 rings (SSSR count). The van der Waals surface area contributed by atoms with Crippen molar-refractivity contribution in [1.82, 2.24) is 10.4 Å². The number of nitrogens with zero attached hydrogens (tertiary/aromatic N) is 1. The molecular formula is C12H14BrN3S. The SMILES string of the molecule is Cc1ccc(C(Cc2ccc(Br)cn2)NN)s1. The number of hydrazine groups is 1. The van der Waals surface area contributed by atoms with Crippen LogP contribution >= 0.6 is 27.3 Å². The van der Waals surface area contributed by atoms with E-state index in [0.717, 1.165) is 16.6 Å². The van der Waals surface area contributed by atoms with Gasteiger partial charge in [0.1, 0.15) is 0 Å². The molecule has 0 aliphatic heterocycles. The van der Waals surface area contributed by atoms with Crippen molar-refractivity contribution in [2.24, 2.45) is 5.84 Å². The van der Waals surface area contributed by atoms with Gasteiger partial charge in [-0.1, -0.05) is 0 Å². The lowest BCUT2D eigenvalue weighted by Crippen LogP contribution is -2.29. The summed E-state index contributed by atoms with van der Waals surface area (Å²) in [5.41, 5.74) is 3.88. The van der Waals surface area contributed by atoms with Crippen LogP contribution in [0.1, 0.15) is 21.5 Å². The summed E-state index contributed by atoms with van der Waals surface area (Å²) >= 11 is 5.14. The second-order valence-electron chi connectivity index (χ2n) is 3.84. The zero-order chi connectivity index (χ0) is 12.3. The minimum atomic E-state index is 0.127. The largest absolute Gasteiger partial charge is 0.271 e. The van der Waals surface area contributed by atoms with Crippen molar-refractivity contribution in [3.05, 3.63) is 50.4 Å². The van der Waals surface area contributed by atoms with E-state index in [9.17, 15) is 0 Å². The molecule has 1 atom stereocenters. The average Bonchev–Trinajstić information content (AvgIpc) is 2.75. The van der Waals surface area contributed by atoms with Gasteiger partial charge in [-0.2, -0.15) is 0 Å². The molecule has 0 spiro atoms. The molecule has 0 fully saturated rings. The van der Waals surface area contributed by atoms with Gasteiger partial charge in [-0.25, -0.2) is 0 Å². The number of nitrogens with one attached hydrogen (secondary N) is 1. The van der Waals surface area contributed by atoms with Crippen LogP contribution in [0, 0.1) is 6.92 Å². The molecule has 0 amide bonds. The highest BCUT2D eigenvalue weighted by Gasteiger charge is 2.13. The molecule has 2 aromatic rings. The smallest absolute Gasteiger partial charge is 0.0608 e. The van der Waals surface area contributed by atoms with E-state index >= 15 is 0 Å². The van der Waals surface area contributed by atoms with E-state index in [1.54, 1.807) is 11.3 Å². The van der Waals surface area contributed by atoms with Gasteiger partial charge in [0.2, 0.25) is 0 Å². The highest BCUT2D eigenvalue weighted by Crippen LogP contribution is 2.24. The third-order valence-electron chi connectivity index (χ3n) is 2.51. The number of nitrogens with two attached hydrogens (primary N) is 1. The van der Waals surface area contributed by atoms with E-state index in [1.165, 1.54) is 9.75 Å². The fourth-order valence-electron chi connectivity index (χ4n) is 1.62. The molecule has 2 aromatic heterocycles. The number of halogens is 1. The summed E-state index contributed by atoms with van der Waals surface area (Å²) in [6.07, 6.45) is 2.60. The van der Waals surface area contributed by atoms with Crippen LogP contribution < -0.4 is 11.3 Å². The van der Waals surface area contributed by atoms with Crippen molar-refractivity contribution >= 4 is 27.3 Å². The summed E-state index contributed by atoms with van der Waals surface area (Å²) in [6, 6.07) is 8.36. The molecular weight excluding hydrogens is 298 g/mol. The zero-order valence-electron chi connectivity index (χ0n) is 9.48. The lowest BCUT2D eigenvalue weighted by Gasteiger charge is -2.13. The molecule has 90 valence electrons. The van der Waals surface area contributed by atoms with Gasteiger partial charge in [0.05, 0.1) is 6.04 Å². The van der Waals surface area contributed by atoms with Crippen molar-refractivity contribution in [1.29, 1.82) is 0 Å². The summed E-state index contributed by atoms with van der Waals surface area (Å²) < 4.78 is 0.991. The van der Waals surface area contributed by atoms with E-state index in [-0.39, 0.29) is 6.04 Å². The van der Waals surface area contributed by atoms with Crippen molar-refractivity contribution in [2.75, 3.05) is 0 Å². The molecule has 3 N–H and O–H groups in total. The van der Waals surface area contributed by atoms with E-state index in [4.69, 9.17) is 5.84 Å². The topological polar surface area (TPSA) is 50.9 Å². The molecule has 0 saturated carbocycles. The lowest BCUT2D eigenvalue weighted by molar-refractivity contribution is 0.554. The fraction of sp³-hybridized carbons (Fsp3) is 0.250. The van der Waals surface area contributed by atoms with Gasteiger partial charge >= 0.3 is 0 Å². The van der Waals surface area contributed by atoms with Crippen molar-refractivity contribution in [3.63, 3.8) is 0 Å². The van der Waals surface area contributed by atoms with E-state index in [1.807, 2.05) is 18.3 Å². The van der Waals surface area contributed by atoms with Crippen LogP contribution in [0.2, 0.25) is 0 Å². The highest BCUT2D eigenvalue weighted by molar-refractivity contribution is 9.10. The third kappa shape index (κ3) is 3.35. The number of thiophene rings is 1. The predicted octanol–water partition coefficient (Wildman–Crippen LogP) is 2.96. The summed E-state index contributed by atoms with van der Waals surface area (Å²) in [6.45, 7) is 2.10. The Labute approximate surface area is 113 Å². The van der Waals surface area contributed by atoms with Crippen LogP contribution in [0.5, 0.6) is 0 Å². The molecule has 5 heteroatoms. The highest BCUT2D eigenvalue weighted by atomic mass is 79.9. The Kier molecular flexibility index (Phi) is 4.28. The summed E-state index contributed by atoms with van der Waals surface area (Å²) in [5.74, 6) is 5.61. The van der Waals surface area contributed by atoms with Crippen LogP contribution in [0.4, 0.5) is 0 Å². The minimum absolute atomic E-state index is 0.127. The number of rotatable bonds is 4. The first-order valence-electron chi connectivity index (χ1n) is 5.32. The average molecular weight is 312 g/mol. The van der Waals surface area contributed by atoms with Crippen molar-refractivity contribution in [3.8, 4) is 0 Å². The van der Waals surface area contributed by atoms with Crippen LogP contribution in [0.15, 0.2) is 34.9 Å². The number of aryl methyl sites for hydroxylation is 1. The molecule has 0 aromatic carbocycles. The van der Waals surface area contributed by atoms with E-state index in [2.05, 4.69) is 45.4 Å². The van der Waals surface area contributed by atoms with Gasteiger partial charge in [0.15, 0.2) is 0 Å². The molecule has 2 heterocycles. The van der Waals surface area contributed by atoms with Crippen molar-refractivity contribution < 1.29 is 0 Å². The van der Waals surface area contributed by atoms with Crippen LogP contribution in [0.3, 0.4) is 0 Å². The molecule has 3 nitrogen and oxygen atoms in total. The van der Waals surface area contributed by atoms with Gasteiger partial charge in [-0.3, -0.25) is 16.3 Å². The Hall–Kier alpha value is -0.750. The molecule has 0 aliphatic carbocycles. The summed E-state index contributed by atoms with van der Waals surface area (Å²) in [7, 11) is 0. The predicted molar refractivity (Wildman–Crippen MR) is 74.8 cm³/mol. The number of pyridine rings is 1. The first kappa shape index (κ1) is 12.7. The van der Waals surface area contributed by atoms with Gasteiger partial charge in [-0.15, -0.1) is 11.3 Å². The Morgan fingerprint density at radius 1 is 1.41 bits per heavy atom. The molecule has 1 unspecified atom stereocenters. The van der Waals surface area contributed by atoms with Gasteiger partial charge in [-0.05, 0) is 47.1 Å². The van der Waals surface area contributed by atoms with Crippen molar-refractivity contribution in [2.45, 2.75) is 19.4 Å². The van der Waals surface area contributed by atoms with Gasteiger partial charge < -0.3 is 0 Å².